The first-order valence-electron chi connectivity index (χ1n) is 4.55. The third-order valence-corrected chi connectivity index (χ3v) is 2.28. The van der Waals surface area contributed by atoms with E-state index in [-0.39, 0.29) is 18.8 Å². The number of nitrogens with one attached hydrogen (secondary N) is 1. The van der Waals surface area contributed by atoms with Crippen LogP contribution in [0.1, 0.15) is 12.8 Å². The highest BCUT2D eigenvalue weighted by Crippen LogP contribution is 2.20. The first-order chi connectivity index (χ1) is 6.31. The molecule has 0 aromatic carbocycles. The molecule has 74 valence electrons. The molecule has 2 unspecified atom stereocenters. The number of nitrogens with two attached hydrogens (primary N) is 1. The van der Waals surface area contributed by atoms with E-state index in [4.69, 9.17) is 15.2 Å². The summed E-state index contributed by atoms with van der Waals surface area (Å²) in [5.41, 5.74) is 5.42. The van der Waals surface area contributed by atoms with Gasteiger partial charge in [-0.05, 0) is 12.8 Å². The molecule has 1 aliphatic heterocycles. The monoisotopic (exact) mass is 186 g/mol. The lowest BCUT2D eigenvalue weighted by Crippen LogP contribution is -2.44. The Kier molecular flexibility index (Phi) is 2.48. The molecule has 1 saturated carbocycles. The van der Waals surface area contributed by atoms with Gasteiger partial charge in [-0.3, -0.25) is 4.79 Å². The molecule has 1 saturated heterocycles. The van der Waals surface area contributed by atoms with E-state index in [9.17, 15) is 4.79 Å². The fraction of sp³-hybridized carbons (Fsp3) is 0.875. The summed E-state index contributed by atoms with van der Waals surface area (Å²) in [5.74, 6) is -0.0875. The predicted octanol–water partition coefficient (Wildman–Crippen LogP) is -1.03. The molecule has 2 fully saturated rings. The maximum absolute atomic E-state index is 11.5. The van der Waals surface area contributed by atoms with Crippen LogP contribution in [0.25, 0.3) is 0 Å². The maximum atomic E-state index is 11.5. The van der Waals surface area contributed by atoms with Crippen LogP contribution in [-0.4, -0.2) is 37.5 Å². The fourth-order valence-corrected chi connectivity index (χ4v) is 1.34. The molecule has 2 aliphatic rings. The smallest absolute Gasteiger partial charge is 0.252 e. The summed E-state index contributed by atoms with van der Waals surface area (Å²) < 4.78 is 10.3. The highest BCUT2D eigenvalue weighted by atomic mass is 16.7. The van der Waals surface area contributed by atoms with Crippen LogP contribution < -0.4 is 11.1 Å². The highest BCUT2D eigenvalue weighted by Gasteiger charge is 2.36. The summed E-state index contributed by atoms with van der Waals surface area (Å²) in [6.45, 7) is 0.493. The summed E-state index contributed by atoms with van der Waals surface area (Å²) in [5, 5.41) is 2.86. The molecule has 1 amide bonds. The van der Waals surface area contributed by atoms with Crippen LogP contribution in [0.3, 0.4) is 0 Å². The Morgan fingerprint density at radius 2 is 2.23 bits per heavy atom. The molecule has 5 heteroatoms. The van der Waals surface area contributed by atoms with Crippen molar-refractivity contribution in [2.24, 2.45) is 5.73 Å². The van der Waals surface area contributed by atoms with Crippen LogP contribution in [0.2, 0.25) is 0 Å². The van der Waals surface area contributed by atoms with Gasteiger partial charge in [-0.15, -0.1) is 0 Å². The molecule has 0 aromatic rings. The van der Waals surface area contributed by atoms with E-state index in [1.807, 2.05) is 0 Å². The van der Waals surface area contributed by atoms with Crippen molar-refractivity contribution in [1.82, 2.24) is 5.32 Å². The summed E-state index contributed by atoms with van der Waals surface area (Å²) in [7, 11) is 0. The summed E-state index contributed by atoms with van der Waals surface area (Å²) in [4.78, 5) is 11.5. The zero-order chi connectivity index (χ0) is 9.26. The lowest BCUT2D eigenvalue weighted by atomic mass is 10.2. The van der Waals surface area contributed by atoms with Crippen molar-refractivity contribution in [1.29, 1.82) is 0 Å². The van der Waals surface area contributed by atoms with E-state index in [1.165, 1.54) is 0 Å². The molecule has 0 aromatic heterocycles. The van der Waals surface area contributed by atoms with Crippen molar-refractivity contribution in [3.8, 4) is 0 Å². The van der Waals surface area contributed by atoms with Crippen LogP contribution in [0.4, 0.5) is 0 Å². The third kappa shape index (κ3) is 1.99. The van der Waals surface area contributed by atoms with Gasteiger partial charge >= 0.3 is 0 Å². The van der Waals surface area contributed by atoms with E-state index < -0.39 is 6.10 Å². The Hall–Kier alpha value is -0.650. The first kappa shape index (κ1) is 8.93. The molecule has 2 atom stereocenters. The van der Waals surface area contributed by atoms with Gasteiger partial charge in [-0.25, -0.2) is 0 Å². The number of ether oxygens (including phenoxy) is 2. The fourth-order valence-electron chi connectivity index (χ4n) is 1.34. The van der Waals surface area contributed by atoms with Crippen molar-refractivity contribution in [2.75, 3.05) is 13.3 Å². The predicted molar refractivity (Wildman–Crippen MR) is 44.8 cm³/mol. The van der Waals surface area contributed by atoms with Crippen molar-refractivity contribution in [3.63, 3.8) is 0 Å². The largest absolute Gasteiger partial charge is 0.351 e. The number of hydrogen-bond donors (Lipinski definition) is 2. The van der Waals surface area contributed by atoms with Crippen LogP contribution in [0.15, 0.2) is 0 Å². The van der Waals surface area contributed by atoms with Gasteiger partial charge in [0.25, 0.3) is 5.91 Å². The average Bonchev–Trinajstić information content (AvgIpc) is 2.82. The Morgan fingerprint density at radius 3 is 2.85 bits per heavy atom. The standard InChI is InChI=1S/C8H14N2O3/c9-3-6-7(13-4-12-6)8(11)10-5-1-2-5/h5-7H,1-4,9H2,(H,10,11). The number of amides is 1. The zero-order valence-electron chi connectivity index (χ0n) is 7.36. The van der Waals surface area contributed by atoms with Crippen molar-refractivity contribution in [3.05, 3.63) is 0 Å². The van der Waals surface area contributed by atoms with Gasteiger partial charge in [-0.1, -0.05) is 0 Å². The van der Waals surface area contributed by atoms with Gasteiger partial charge in [0.1, 0.15) is 12.9 Å². The molecular formula is C8H14N2O3. The Bertz CT molecular complexity index is 206. The topological polar surface area (TPSA) is 73.6 Å². The van der Waals surface area contributed by atoms with Crippen LogP contribution in [0.5, 0.6) is 0 Å². The number of carbonyl (C=O) groups is 1. The van der Waals surface area contributed by atoms with Gasteiger partial charge in [0.05, 0.1) is 0 Å². The van der Waals surface area contributed by atoms with E-state index in [0.29, 0.717) is 12.6 Å². The molecule has 2 rings (SSSR count). The summed E-state index contributed by atoms with van der Waals surface area (Å²) in [6.07, 6.45) is 1.36. The minimum Gasteiger partial charge on any atom is -0.351 e. The Balaban J connectivity index is 1.86. The molecule has 5 nitrogen and oxygen atoms in total. The average molecular weight is 186 g/mol. The van der Waals surface area contributed by atoms with Crippen LogP contribution >= 0.6 is 0 Å². The molecule has 3 N–H and O–H groups in total. The number of rotatable bonds is 3. The van der Waals surface area contributed by atoms with Gasteiger partial charge < -0.3 is 20.5 Å². The molecule has 1 heterocycles. The van der Waals surface area contributed by atoms with Crippen LogP contribution in [-0.2, 0) is 14.3 Å². The van der Waals surface area contributed by atoms with E-state index in [0.717, 1.165) is 12.8 Å². The minimum atomic E-state index is -0.509. The van der Waals surface area contributed by atoms with E-state index in [1.54, 1.807) is 0 Å². The van der Waals surface area contributed by atoms with Crippen molar-refractivity contribution >= 4 is 5.91 Å². The molecule has 1 aliphatic carbocycles. The molecular weight excluding hydrogens is 172 g/mol. The van der Waals surface area contributed by atoms with Gasteiger partial charge in [0, 0.05) is 12.6 Å². The molecule has 13 heavy (non-hydrogen) atoms. The second-order valence-corrected chi connectivity index (χ2v) is 3.43. The lowest BCUT2D eigenvalue weighted by molar-refractivity contribution is -0.130. The van der Waals surface area contributed by atoms with E-state index in [2.05, 4.69) is 5.32 Å². The number of hydrogen-bond acceptors (Lipinski definition) is 4. The van der Waals surface area contributed by atoms with Gasteiger partial charge in [0.2, 0.25) is 0 Å². The quantitative estimate of drug-likeness (QED) is 0.590. The highest BCUT2D eigenvalue weighted by molar-refractivity contribution is 5.82. The Morgan fingerprint density at radius 1 is 1.46 bits per heavy atom. The number of carbonyl (C=O) groups excluding carboxylic acids is 1. The molecule has 0 bridgehead atoms. The SMILES string of the molecule is NCC1OCOC1C(=O)NC1CC1. The zero-order valence-corrected chi connectivity index (χ0v) is 7.36. The lowest BCUT2D eigenvalue weighted by Gasteiger charge is -2.14. The van der Waals surface area contributed by atoms with Crippen molar-refractivity contribution < 1.29 is 14.3 Å². The van der Waals surface area contributed by atoms with Crippen molar-refractivity contribution in [2.45, 2.75) is 31.1 Å². The normalized spacial score (nSPS) is 33.3. The molecule has 0 spiro atoms. The summed E-state index contributed by atoms with van der Waals surface area (Å²) in [6, 6.07) is 0.357. The first-order valence-corrected chi connectivity index (χ1v) is 4.55. The minimum absolute atomic E-state index is 0.0875. The molecule has 0 radical (unpaired) electrons. The second kappa shape index (κ2) is 3.61. The second-order valence-electron chi connectivity index (χ2n) is 3.43. The van der Waals surface area contributed by atoms with E-state index >= 15 is 0 Å². The van der Waals surface area contributed by atoms with Gasteiger partial charge in [-0.2, -0.15) is 0 Å². The Labute approximate surface area is 76.6 Å². The third-order valence-electron chi connectivity index (χ3n) is 2.28. The summed E-state index contributed by atoms with van der Waals surface area (Å²) >= 11 is 0. The van der Waals surface area contributed by atoms with Gasteiger partial charge in [0.15, 0.2) is 6.10 Å². The van der Waals surface area contributed by atoms with Crippen LogP contribution in [0, 0.1) is 0 Å². The maximum Gasteiger partial charge on any atom is 0.252 e.